The number of nitrogens with zero attached hydrogens (tertiary/aromatic N) is 1. The molecule has 1 aliphatic heterocycles. The highest BCUT2D eigenvalue weighted by molar-refractivity contribution is 6.40. The molecular weight excluding hydrogens is 342 g/mol. The number of ketones is 2. The number of aryl methyl sites for hydroxylation is 1. The first-order valence-electron chi connectivity index (χ1n) is 8.84. The first kappa shape index (κ1) is 18.5. The number of anilines is 1. The summed E-state index contributed by atoms with van der Waals surface area (Å²) in [4.78, 5) is 36.0. The van der Waals surface area contributed by atoms with Crippen LogP contribution in [0.2, 0.25) is 0 Å². The lowest BCUT2D eigenvalue weighted by Gasteiger charge is -2.11. The van der Waals surface area contributed by atoms with Crippen molar-refractivity contribution in [3.8, 4) is 0 Å². The van der Waals surface area contributed by atoms with Gasteiger partial charge in [-0.3, -0.25) is 19.8 Å². The van der Waals surface area contributed by atoms with Gasteiger partial charge in [-0.05, 0) is 43.2 Å². The predicted molar refractivity (Wildman–Crippen MR) is 104 cm³/mol. The van der Waals surface area contributed by atoms with E-state index in [-0.39, 0.29) is 23.9 Å². The van der Waals surface area contributed by atoms with Gasteiger partial charge in [-0.1, -0.05) is 30.3 Å². The van der Waals surface area contributed by atoms with Crippen LogP contribution in [0.4, 0.5) is 5.69 Å². The van der Waals surface area contributed by atoms with Crippen molar-refractivity contribution in [1.29, 1.82) is 0 Å². The van der Waals surface area contributed by atoms with Crippen molar-refractivity contribution < 1.29 is 14.4 Å². The normalized spacial score (nSPS) is 15.6. The van der Waals surface area contributed by atoms with Crippen LogP contribution in [0.1, 0.15) is 35.7 Å². The average Bonchev–Trinajstić information content (AvgIpc) is 3.18. The van der Waals surface area contributed by atoms with Gasteiger partial charge < -0.3 is 5.32 Å². The highest BCUT2D eigenvalue weighted by Gasteiger charge is 2.28. The Bertz CT molecular complexity index is 873. The van der Waals surface area contributed by atoms with Gasteiger partial charge in [0.2, 0.25) is 5.91 Å². The Kier molecular flexibility index (Phi) is 5.76. The van der Waals surface area contributed by atoms with Gasteiger partial charge in [-0.25, -0.2) is 0 Å². The van der Waals surface area contributed by atoms with Crippen LogP contribution in [-0.4, -0.2) is 29.2 Å². The summed E-state index contributed by atoms with van der Waals surface area (Å²) >= 11 is 0. The molecule has 1 amide bonds. The molecule has 0 fully saturated rings. The molecule has 138 valence electrons. The number of carbonyl (C=O) groups excluding carboxylic acids is 3. The summed E-state index contributed by atoms with van der Waals surface area (Å²) in [5.74, 6) is -0.343. The largest absolute Gasteiger partial charge is 0.324 e. The molecule has 0 aliphatic carbocycles. The Balaban J connectivity index is 1.49. The first-order chi connectivity index (χ1) is 13.0. The number of hydrogen-bond donors (Lipinski definition) is 2. The number of Topliss-reactive ketones (excluding diaryl/α,β-unsaturated/α-hetero) is 2. The van der Waals surface area contributed by atoms with Gasteiger partial charge in [-0.15, -0.1) is 0 Å². The van der Waals surface area contributed by atoms with E-state index in [0.29, 0.717) is 29.8 Å². The Morgan fingerprint density at radius 3 is 2.44 bits per heavy atom. The molecule has 1 unspecified atom stereocenters. The standard InChI is InChI=1S/C21H21N3O3/c1-14(25)16-8-10-17(11-9-16)22-21(27)19-13-18(23-24-19)20(26)12-7-15-5-3-2-4-6-15/h2-6,8-11,19,24H,7,12-13H2,1H3,(H,22,27). The summed E-state index contributed by atoms with van der Waals surface area (Å²) in [6.07, 6.45) is 1.29. The van der Waals surface area contributed by atoms with Gasteiger partial charge in [0.05, 0.1) is 0 Å². The second kappa shape index (κ2) is 8.40. The molecule has 1 atom stereocenters. The van der Waals surface area contributed by atoms with Crippen LogP contribution in [0.15, 0.2) is 59.7 Å². The maximum Gasteiger partial charge on any atom is 0.248 e. The smallest absolute Gasteiger partial charge is 0.248 e. The van der Waals surface area contributed by atoms with E-state index in [2.05, 4.69) is 15.8 Å². The van der Waals surface area contributed by atoms with Gasteiger partial charge in [-0.2, -0.15) is 5.10 Å². The zero-order valence-corrected chi connectivity index (χ0v) is 15.1. The van der Waals surface area contributed by atoms with Crippen LogP contribution < -0.4 is 10.7 Å². The second-order valence-electron chi connectivity index (χ2n) is 6.48. The molecule has 0 saturated carbocycles. The van der Waals surface area contributed by atoms with Gasteiger partial charge in [0.25, 0.3) is 0 Å². The molecule has 0 bridgehead atoms. The number of rotatable bonds is 7. The molecule has 6 nitrogen and oxygen atoms in total. The van der Waals surface area contributed by atoms with Crippen LogP contribution in [-0.2, 0) is 16.0 Å². The lowest BCUT2D eigenvalue weighted by atomic mass is 10.0. The quantitative estimate of drug-likeness (QED) is 0.741. The minimum atomic E-state index is -0.576. The first-order valence-corrected chi connectivity index (χ1v) is 8.84. The van der Waals surface area contributed by atoms with Crippen LogP contribution in [0, 0.1) is 0 Å². The summed E-state index contributed by atoms with van der Waals surface area (Å²) in [5, 5.41) is 6.81. The number of benzene rings is 2. The molecule has 0 saturated heterocycles. The van der Waals surface area contributed by atoms with Crippen LogP contribution in [0.5, 0.6) is 0 Å². The molecule has 2 aromatic carbocycles. The van der Waals surface area contributed by atoms with Crippen molar-refractivity contribution in [3.05, 3.63) is 65.7 Å². The van der Waals surface area contributed by atoms with Gasteiger partial charge in [0, 0.05) is 24.1 Å². The monoisotopic (exact) mass is 363 g/mol. The predicted octanol–water partition coefficient (Wildman–Crippen LogP) is 2.75. The minimum Gasteiger partial charge on any atom is -0.324 e. The third kappa shape index (κ3) is 4.88. The van der Waals surface area contributed by atoms with E-state index in [4.69, 9.17) is 0 Å². The van der Waals surface area contributed by atoms with Crippen molar-refractivity contribution >= 4 is 28.9 Å². The number of amides is 1. The van der Waals surface area contributed by atoms with Crippen LogP contribution in [0.25, 0.3) is 0 Å². The molecule has 2 aromatic rings. The Morgan fingerprint density at radius 2 is 1.78 bits per heavy atom. The zero-order valence-electron chi connectivity index (χ0n) is 15.1. The highest BCUT2D eigenvalue weighted by atomic mass is 16.2. The molecule has 1 aliphatic rings. The van der Waals surface area contributed by atoms with E-state index < -0.39 is 6.04 Å². The summed E-state index contributed by atoms with van der Waals surface area (Å²) in [6.45, 7) is 1.49. The summed E-state index contributed by atoms with van der Waals surface area (Å²) in [6, 6.07) is 15.9. The molecule has 27 heavy (non-hydrogen) atoms. The fourth-order valence-electron chi connectivity index (χ4n) is 2.83. The summed E-state index contributed by atoms with van der Waals surface area (Å²) in [5.41, 5.74) is 5.41. The molecule has 0 spiro atoms. The Morgan fingerprint density at radius 1 is 1.07 bits per heavy atom. The summed E-state index contributed by atoms with van der Waals surface area (Å²) < 4.78 is 0. The van der Waals surface area contributed by atoms with Gasteiger partial charge in [0.1, 0.15) is 11.8 Å². The minimum absolute atomic E-state index is 0.0302. The fourth-order valence-corrected chi connectivity index (χ4v) is 2.83. The lowest BCUT2D eigenvalue weighted by Crippen LogP contribution is -2.35. The Hall–Kier alpha value is -3.28. The Labute approximate surface area is 157 Å². The maximum atomic E-state index is 12.4. The highest BCUT2D eigenvalue weighted by Crippen LogP contribution is 2.14. The van der Waals surface area contributed by atoms with Crippen molar-refractivity contribution in [3.63, 3.8) is 0 Å². The van der Waals surface area contributed by atoms with E-state index in [9.17, 15) is 14.4 Å². The molecule has 2 N–H and O–H groups in total. The van der Waals surface area contributed by atoms with Crippen molar-refractivity contribution in [2.24, 2.45) is 5.10 Å². The van der Waals surface area contributed by atoms with Crippen molar-refractivity contribution in [2.45, 2.75) is 32.2 Å². The maximum absolute atomic E-state index is 12.4. The van der Waals surface area contributed by atoms with Gasteiger partial charge >= 0.3 is 0 Å². The second-order valence-corrected chi connectivity index (χ2v) is 6.48. The molecule has 1 heterocycles. The van der Waals surface area contributed by atoms with Crippen LogP contribution >= 0.6 is 0 Å². The molecule has 3 rings (SSSR count). The molecule has 6 heteroatoms. The van der Waals surface area contributed by atoms with E-state index in [1.54, 1.807) is 24.3 Å². The molecule has 0 aromatic heterocycles. The summed E-state index contributed by atoms with van der Waals surface area (Å²) in [7, 11) is 0. The van der Waals surface area contributed by atoms with Crippen LogP contribution in [0.3, 0.4) is 0 Å². The third-order valence-corrected chi connectivity index (χ3v) is 4.43. The average molecular weight is 363 g/mol. The van der Waals surface area contributed by atoms with E-state index in [1.165, 1.54) is 6.92 Å². The zero-order chi connectivity index (χ0) is 19.2. The topological polar surface area (TPSA) is 87.6 Å². The lowest BCUT2D eigenvalue weighted by molar-refractivity contribution is -0.117. The van der Waals surface area contributed by atoms with E-state index >= 15 is 0 Å². The molecule has 0 radical (unpaired) electrons. The van der Waals surface area contributed by atoms with Crippen molar-refractivity contribution in [2.75, 3.05) is 5.32 Å². The molecular formula is C21H21N3O3. The van der Waals surface area contributed by atoms with Gasteiger partial charge in [0.15, 0.2) is 11.6 Å². The third-order valence-electron chi connectivity index (χ3n) is 4.43. The number of hydrazone groups is 1. The van der Waals surface area contributed by atoms with E-state index in [1.807, 2.05) is 30.3 Å². The number of nitrogens with one attached hydrogen (secondary N) is 2. The van der Waals surface area contributed by atoms with E-state index in [0.717, 1.165) is 5.56 Å². The fraction of sp³-hybridized carbons (Fsp3) is 0.238. The van der Waals surface area contributed by atoms with Crippen molar-refractivity contribution in [1.82, 2.24) is 5.43 Å². The number of hydrogen-bond acceptors (Lipinski definition) is 5. The SMILES string of the molecule is CC(=O)c1ccc(NC(=O)C2CC(C(=O)CCc3ccccc3)=NN2)cc1. The number of carbonyl (C=O) groups is 3.